The number of carbonyl (C=O) groups is 1. The minimum Gasteiger partial charge on any atom is -0.480 e. The van der Waals surface area contributed by atoms with Crippen LogP contribution in [0.3, 0.4) is 0 Å². The SMILES string of the molecule is COC(=O)c1cc(-c2ccc(Cl)cc2)cnc1OC. The Bertz CT molecular complexity index is 596. The summed E-state index contributed by atoms with van der Waals surface area (Å²) in [7, 11) is 2.77. The Morgan fingerprint density at radius 1 is 1.16 bits per heavy atom. The number of benzene rings is 1. The van der Waals surface area contributed by atoms with Gasteiger partial charge in [0.05, 0.1) is 14.2 Å². The number of ether oxygens (including phenoxy) is 2. The zero-order valence-corrected chi connectivity index (χ0v) is 11.3. The van der Waals surface area contributed by atoms with Crippen LogP contribution in [-0.2, 0) is 4.74 Å². The molecule has 2 rings (SSSR count). The predicted octanol–water partition coefficient (Wildman–Crippen LogP) is 3.20. The van der Waals surface area contributed by atoms with E-state index in [1.54, 1.807) is 24.4 Å². The molecule has 98 valence electrons. The van der Waals surface area contributed by atoms with Gasteiger partial charge in [0.1, 0.15) is 5.56 Å². The van der Waals surface area contributed by atoms with Crippen LogP contribution in [0.2, 0.25) is 5.02 Å². The second-order valence-electron chi connectivity index (χ2n) is 3.78. The van der Waals surface area contributed by atoms with Crippen LogP contribution in [0.15, 0.2) is 36.5 Å². The summed E-state index contributed by atoms with van der Waals surface area (Å²) >= 11 is 5.84. The summed E-state index contributed by atoms with van der Waals surface area (Å²) in [4.78, 5) is 15.8. The third kappa shape index (κ3) is 2.85. The van der Waals surface area contributed by atoms with Crippen molar-refractivity contribution in [2.24, 2.45) is 0 Å². The molecular weight excluding hydrogens is 266 g/mol. The van der Waals surface area contributed by atoms with Gasteiger partial charge in [-0.1, -0.05) is 23.7 Å². The fourth-order valence-electron chi connectivity index (χ4n) is 1.67. The van der Waals surface area contributed by atoms with E-state index in [0.717, 1.165) is 11.1 Å². The van der Waals surface area contributed by atoms with Crippen molar-refractivity contribution in [1.82, 2.24) is 4.98 Å². The van der Waals surface area contributed by atoms with Crippen molar-refractivity contribution in [1.29, 1.82) is 0 Å². The molecule has 0 aliphatic carbocycles. The van der Waals surface area contributed by atoms with E-state index in [1.165, 1.54) is 14.2 Å². The second kappa shape index (κ2) is 5.71. The lowest BCUT2D eigenvalue weighted by Crippen LogP contribution is -2.05. The van der Waals surface area contributed by atoms with Gasteiger partial charge in [-0.2, -0.15) is 0 Å². The number of methoxy groups -OCH3 is 2. The van der Waals surface area contributed by atoms with Gasteiger partial charge in [0.2, 0.25) is 5.88 Å². The molecule has 0 amide bonds. The number of hydrogen-bond acceptors (Lipinski definition) is 4. The average Bonchev–Trinajstić information content (AvgIpc) is 2.46. The topological polar surface area (TPSA) is 48.4 Å². The molecule has 0 saturated heterocycles. The van der Waals surface area contributed by atoms with Crippen molar-refractivity contribution < 1.29 is 14.3 Å². The average molecular weight is 278 g/mol. The second-order valence-corrected chi connectivity index (χ2v) is 4.22. The molecule has 2 aromatic rings. The number of carbonyl (C=O) groups excluding carboxylic acids is 1. The van der Waals surface area contributed by atoms with Crippen LogP contribution in [-0.4, -0.2) is 25.2 Å². The van der Waals surface area contributed by atoms with Gasteiger partial charge in [-0.3, -0.25) is 0 Å². The Balaban J connectivity index is 2.48. The first-order valence-corrected chi connectivity index (χ1v) is 5.92. The maximum atomic E-state index is 11.7. The van der Waals surface area contributed by atoms with E-state index < -0.39 is 5.97 Å². The number of pyridine rings is 1. The predicted molar refractivity (Wildman–Crippen MR) is 72.6 cm³/mol. The summed E-state index contributed by atoms with van der Waals surface area (Å²) in [5.74, 6) is -0.246. The summed E-state index contributed by atoms with van der Waals surface area (Å²) in [6.45, 7) is 0. The molecule has 0 aliphatic heterocycles. The number of hydrogen-bond donors (Lipinski definition) is 0. The van der Waals surface area contributed by atoms with Gasteiger partial charge < -0.3 is 9.47 Å². The van der Waals surface area contributed by atoms with Crippen LogP contribution in [0.5, 0.6) is 5.88 Å². The first-order chi connectivity index (χ1) is 9.15. The van der Waals surface area contributed by atoms with E-state index in [0.29, 0.717) is 5.02 Å². The normalized spacial score (nSPS) is 10.1. The molecule has 0 bridgehead atoms. The standard InChI is InChI=1S/C14H12ClNO3/c1-18-13-12(14(17)19-2)7-10(8-16-13)9-3-5-11(15)6-4-9/h3-8H,1-2H3. The Kier molecular flexibility index (Phi) is 4.02. The number of nitrogens with zero attached hydrogens (tertiary/aromatic N) is 1. The highest BCUT2D eigenvalue weighted by Crippen LogP contribution is 2.25. The van der Waals surface area contributed by atoms with E-state index >= 15 is 0 Å². The fraction of sp³-hybridized carbons (Fsp3) is 0.143. The van der Waals surface area contributed by atoms with Gasteiger partial charge >= 0.3 is 5.97 Å². The molecule has 5 heteroatoms. The molecule has 4 nitrogen and oxygen atoms in total. The molecule has 0 aliphatic rings. The Morgan fingerprint density at radius 3 is 2.42 bits per heavy atom. The molecule has 0 N–H and O–H groups in total. The molecule has 0 fully saturated rings. The molecule has 1 aromatic carbocycles. The number of aromatic nitrogens is 1. The Labute approximate surface area is 115 Å². The molecule has 1 aromatic heterocycles. The van der Waals surface area contributed by atoms with Crippen LogP contribution in [0.4, 0.5) is 0 Å². The smallest absolute Gasteiger partial charge is 0.343 e. The van der Waals surface area contributed by atoms with E-state index in [1.807, 2.05) is 12.1 Å². The summed E-state index contributed by atoms with van der Waals surface area (Å²) in [5, 5.41) is 0.651. The van der Waals surface area contributed by atoms with Crippen molar-refractivity contribution in [3.63, 3.8) is 0 Å². The summed E-state index contributed by atoms with van der Waals surface area (Å²) in [5.41, 5.74) is 1.99. The van der Waals surface area contributed by atoms with Crippen molar-refractivity contribution >= 4 is 17.6 Å². The number of halogens is 1. The van der Waals surface area contributed by atoms with Gasteiger partial charge in [-0.05, 0) is 23.8 Å². The minimum atomic E-state index is -0.486. The number of esters is 1. The van der Waals surface area contributed by atoms with Crippen molar-refractivity contribution in [3.05, 3.63) is 47.1 Å². The van der Waals surface area contributed by atoms with E-state index in [2.05, 4.69) is 4.98 Å². The number of rotatable bonds is 3. The zero-order chi connectivity index (χ0) is 13.8. The molecule has 1 heterocycles. The quantitative estimate of drug-likeness (QED) is 0.809. The van der Waals surface area contributed by atoms with E-state index in [9.17, 15) is 4.79 Å². The largest absolute Gasteiger partial charge is 0.480 e. The lowest BCUT2D eigenvalue weighted by molar-refractivity contribution is 0.0596. The maximum absolute atomic E-state index is 11.7. The maximum Gasteiger partial charge on any atom is 0.343 e. The lowest BCUT2D eigenvalue weighted by Gasteiger charge is -2.08. The van der Waals surface area contributed by atoms with Crippen molar-refractivity contribution in [3.8, 4) is 17.0 Å². The van der Waals surface area contributed by atoms with Crippen LogP contribution < -0.4 is 4.74 Å². The highest BCUT2D eigenvalue weighted by molar-refractivity contribution is 6.30. The van der Waals surface area contributed by atoms with Crippen LogP contribution in [0.1, 0.15) is 10.4 Å². The van der Waals surface area contributed by atoms with E-state index in [-0.39, 0.29) is 11.4 Å². The monoisotopic (exact) mass is 277 g/mol. The van der Waals surface area contributed by atoms with Gasteiger partial charge in [-0.15, -0.1) is 0 Å². The highest BCUT2D eigenvalue weighted by atomic mass is 35.5. The minimum absolute atomic E-state index is 0.240. The van der Waals surface area contributed by atoms with Crippen molar-refractivity contribution in [2.75, 3.05) is 14.2 Å². The van der Waals surface area contributed by atoms with Gasteiger partial charge in [0.15, 0.2) is 0 Å². The Hall–Kier alpha value is -2.07. The molecule has 0 spiro atoms. The van der Waals surface area contributed by atoms with Gasteiger partial charge in [-0.25, -0.2) is 9.78 Å². The van der Waals surface area contributed by atoms with E-state index in [4.69, 9.17) is 21.1 Å². The van der Waals surface area contributed by atoms with Gasteiger partial charge in [0, 0.05) is 16.8 Å². The molecule has 19 heavy (non-hydrogen) atoms. The summed E-state index contributed by atoms with van der Waals surface area (Å²) in [6.07, 6.45) is 1.63. The molecule has 0 unspecified atom stereocenters. The summed E-state index contributed by atoms with van der Waals surface area (Å²) in [6, 6.07) is 8.94. The fourth-order valence-corrected chi connectivity index (χ4v) is 1.80. The van der Waals surface area contributed by atoms with Crippen LogP contribution >= 0.6 is 11.6 Å². The first kappa shape index (κ1) is 13.4. The lowest BCUT2D eigenvalue weighted by atomic mass is 10.1. The molecular formula is C14H12ClNO3. The Morgan fingerprint density at radius 2 is 1.84 bits per heavy atom. The third-order valence-electron chi connectivity index (χ3n) is 2.63. The molecule has 0 radical (unpaired) electrons. The van der Waals surface area contributed by atoms with Crippen LogP contribution in [0, 0.1) is 0 Å². The molecule has 0 saturated carbocycles. The van der Waals surface area contributed by atoms with Crippen LogP contribution in [0.25, 0.3) is 11.1 Å². The van der Waals surface area contributed by atoms with Gasteiger partial charge in [0.25, 0.3) is 0 Å². The molecule has 0 atom stereocenters. The first-order valence-electron chi connectivity index (χ1n) is 5.54. The van der Waals surface area contributed by atoms with Crippen molar-refractivity contribution in [2.45, 2.75) is 0 Å². The highest BCUT2D eigenvalue weighted by Gasteiger charge is 2.15. The third-order valence-corrected chi connectivity index (χ3v) is 2.88. The zero-order valence-electron chi connectivity index (χ0n) is 10.5. The summed E-state index contributed by atoms with van der Waals surface area (Å²) < 4.78 is 9.75.